The van der Waals surface area contributed by atoms with Crippen LogP contribution in [0.25, 0.3) is 0 Å². The predicted molar refractivity (Wildman–Crippen MR) is 107 cm³/mol. The number of hydrogen-bond donors (Lipinski definition) is 2. The molecule has 6 nitrogen and oxygen atoms in total. The van der Waals surface area contributed by atoms with Crippen molar-refractivity contribution in [2.24, 2.45) is 0 Å². The minimum absolute atomic E-state index is 0.0837. The Bertz CT molecular complexity index is 755. The summed E-state index contributed by atoms with van der Waals surface area (Å²) >= 11 is 0. The van der Waals surface area contributed by atoms with E-state index in [4.69, 9.17) is 4.74 Å². The Labute approximate surface area is 160 Å². The van der Waals surface area contributed by atoms with Crippen LogP contribution >= 0.6 is 0 Å². The van der Waals surface area contributed by atoms with E-state index in [1.807, 2.05) is 45.0 Å². The van der Waals surface area contributed by atoms with Crippen LogP contribution in [0, 0.1) is 6.92 Å². The molecule has 0 bridgehead atoms. The highest BCUT2D eigenvalue weighted by Crippen LogP contribution is 2.23. The van der Waals surface area contributed by atoms with Crippen LogP contribution in [0.5, 0.6) is 11.5 Å². The average molecular weight is 369 g/mol. The Balaban J connectivity index is 1.82. The molecule has 0 aliphatic carbocycles. The number of carbonyl (C=O) groups is 2. The first-order valence-electron chi connectivity index (χ1n) is 8.94. The molecule has 144 valence electrons. The number of amides is 2. The maximum atomic E-state index is 12.1. The quantitative estimate of drug-likeness (QED) is 0.750. The molecule has 2 aromatic rings. The molecule has 0 atom stereocenters. The van der Waals surface area contributed by atoms with Gasteiger partial charge in [-0.25, -0.2) is 0 Å². The van der Waals surface area contributed by atoms with Crippen molar-refractivity contribution in [3.63, 3.8) is 0 Å². The normalized spacial score (nSPS) is 10.7. The van der Waals surface area contributed by atoms with Gasteiger partial charge in [0, 0.05) is 11.7 Å². The largest absolute Gasteiger partial charge is 0.457 e. The van der Waals surface area contributed by atoms with E-state index >= 15 is 0 Å². The summed E-state index contributed by atoms with van der Waals surface area (Å²) in [7, 11) is 1.73. The third-order valence-corrected chi connectivity index (χ3v) is 3.67. The van der Waals surface area contributed by atoms with Crippen molar-refractivity contribution in [1.29, 1.82) is 0 Å². The van der Waals surface area contributed by atoms with Crippen molar-refractivity contribution in [3.8, 4) is 11.5 Å². The number of aryl methyl sites for hydroxylation is 1. The van der Waals surface area contributed by atoms with Crippen molar-refractivity contribution in [2.45, 2.75) is 26.8 Å². The lowest BCUT2D eigenvalue weighted by Crippen LogP contribution is -2.41. The minimum Gasteiger partial charge on any atom is -0.457 e. The zero-order chi connectivity index (χ0) is 19.8. The van der Waals surface area contributed by atoms with E-state index in [2.05, 4.69) is 10.6 Å². The summed E-state index contributed by atoms with van der Waals surface area (Å²) in [6.45, 7) is 6.13. The Hall–Kier alpha value is -2.86. The van der Waals surface area contributed by atoms with Crippen LogP contribution in [0.2, 0.25) is 0 Å². The molecule has 27 heavy (non-hydrogen) atoms. The lowest BCUT2D eigenvalue weighted by Gasteiger charge is -2.17. The molecule has 0 unspecified atom stereocenters. The number of nitrogens with zero attached hydrogens (tertiary/aromatic N) is 1. The van der Waals surface area contributed by atoms with Gasteiger partial charge in [-0.05, 0) is 64.2 Å². The number of benzene rings is 2. The van der Waals surface area contributed by atoms with Crippen LogP contribution < -0.4 is 15.4 Å². The number of carbonyl (C=O) groups excluding carboxylic acids is 2. The molecule has 0 aliphatic heterocycles. The van der Waals surface area contributed by atoms with Gasteiger partial charge in [0.15, 0.2) is 0 Å². The monoisotopic (exact) mass is 369 g/mol. The van der Waals surface area contributed by atoms with E-state index in [0.717, 1.165) is 5.75 Å². The zero-order valence-electron chi connectivity index (χ0n) is 16.3. The molecule has 0 heterocycles. The Morgan fingerprint density at radius 1 is 0.926 bits per heavy atom. The highest BCUT2D eigenvalue weighted by molar-refractivity contribution is 5.92. The van der Waals surface area contributed by atoms with Gasteiger partial charge in [0.25, 0.3) is 0 Å². The topological polar surface area (TPSA) is 70.7 Å². The smallest absolute Gasteiger partial charge is 0.238 e. The maximum Gasteiger partial charge on any atom is 0.238 e. The molecule has 0 radical (unpaired) electrons. The fraction of sp³-hybridized carbons (Fsp3) is 0.333. The van der Waals surface area contributed by atoms with E-state index < -0.39 is 0 Å². The van der Waals surface area contributed by atoms with Crippen LogP contribution in [-0.4, -0.2) is 42.9 Å². The first kappa shape index (κ1) is 20.5. The van der Waals surface area contributed by atoms with Crippen LogP contribution in [0.15, 0.2) is 48.5 Å². The van der Waals surface area contributed by atoms with Crippen molar-refractivity contribution >= 4 is 17.5 Å². The lowest BCUT2D eigenvalue weighted by molar-refractivity contribution is -0.123. The van der Waals surface area contributed by atoms with E-state index in [1.54, 1.807) is 36.2 Å². The Kier molecular flexibility index (Phi) is 7.37. The summed E-state index contributed by atoms with van der Waals surface area (Å²) in [5.41, 5.74) is 1.85. The molecular formula is C21H27N3O3. The van der Waals surface area contributed by atoms with Crippen LogP contribution in [0.1, 0.15) is 19.4 Å². The molecule has 0 aromatic heterocycles. The predicted octanol–water partition coefficient (Wildman–Crippen LogP) is 3.18. The van der Waals surface area contributed by atoms with E-state index in [-0.39, 0.29) is 30.9 Å². The molecule has 0 spiro atoms. The van der Waals surface area contributed by atoms with E-state index in [9.17, 15) is 9.59 Å². The number of rotatable bonds is 8. The van der Waals surface area contributed by atoms with Gasteiger partial charge in [-0.15, -0.1) is 0 Å². The molecular weight excluding hydrogens is 342 g/mol. The standard InChI is InChI=1S/C21H27N3O3/c1-15(2)22-20(25)13-24(4)14-21(26)23-17-7-11-19(12-8-17)27-18-9-5-16(3)6-10-18/h5-12,15H,13-14H2,1-4H3,(H,22,25)(H,23,26). The third kappa shape index (κ3) is 7.50. The van der Waals surface area contributed by atoms with Gasteiger partial charge in [0.2, 0.25) is 11.8 Å². The van der Waals surface area contributed by atoms with Gasteiger partial charge in [-0.1, -0.05) is 17.7 Å². The third-order valence-electron chi connectivity index (χ3n) is 3.67. The van der Waals surface area contributed by atoms with Gasteiger partial charge in [-0.2, -0.15) is 0 Å². The number of likely N-dealkylation sites (N-methyl/N-ethyl adjacent to an activating group) is 1. The SMILES string of the molecule is Cc1ccc(Oc2ccc(NC(=O)CN(C)CC(=O)NC(C)C)cc2)cc1. The molecule has 0 aliphatic rings. The minimum atomic E-state index is -0.179. The maximum absolute atomic E-state index is 12.1. The summed E-state index contributed by atoms with van der Waals surface area (Å²) in [6.07, 6.45) is 0. The van der Waals surface area contributed by atoms with Gasteiger partial charge in [0.1, 0.15) is 11.5 Å². The lowest BCUT2D eigenvalue weighted by atomic mass is 10.2. The summed E-state index contributed by atoms with van der Waals surface area (Å²) in [5.74, 6) is 1.18. The molecule has 2 rings (SSSR count). The van der Waals surface area contributed by atoms with E-state index in [1.165, 1.54) is 5.56 Å². The van der Waals surface area contributed by atoms with Gasteiger partial charge >= 0.3 is 0 Å². The first-order valence-corrected chi connectivity index (χ1v) is 8.94. The fourth-order valence-electron chi connectivity index (χ4n) is 2.46. The van der Waals surface area contributed by atoms with Crippen LogP contribution in [0.3, 0.4) is 0 Å². The molecule has 2 aromatic carbocycles. The molecule has 0 fully saturated rings. The van der Waals surface area contributed by atoms with Crippen molar-refractivity contribution in [3.05, 3.63) is 54.1 Å². The zero-order valence-corrected chi connectivity index (χ0v) is 16.3. The number of hydrogen-bond acceptors (Lipinski definition) is 4. The van der Waals surface area contributed by atoms with Crippen LogP contribution in [0.4, 0.5) is 5.69 Å². The van der Waals surface area contributed by atoms with E-state index in [0.29, 0.717) is 11.4 Å². The first-order chi connectivity index (χ1) is 12.8. The number of ether oxygens (including phenoxy) is 1. The summed E-state index contributed by atoms with van der Waals surface area (Å²) < 4.78 is 5.77. The van der Waals surface area contributed by atoms with Gasteiger partial charge < -0.3 is 15.4 Å². The van der Waals surface area contributed by atoms with Gasteiger partial charge in [0.05, 0.1) is 13.1 Å². The molecule has 2 N–H and O–H groups in total. The van der Waals surface area contributed by atoms with Crippen LogP contribution in [-0.2, 0) is 9.59 Å². The van der Waals surface area contributed by atoms with Gasteiger partial charge in [-0.3, -0.25) is 14.5 Å². The molecule has 6 heteroatoms. The fourth-order valence-corrected chi connectivity index (χ4v) is 2.46. The second-order valence-corrected chi connectivity index (χ2v) is 6.88. The number of anilines is 1. The summed E-state index contributed by atoms with van der Waals surface area (Å²) in [5, 5.41) is 5.62. The molecule has 0 saturated heterocycles. The summed E-state index contributed by atoms with van der Waals surface area (Å²) in [6, 6.07) is 15.1. The second-order valence-electron chi connectivity index (χ2n) is 6.88. The molecule has 0 saturated carbocycles. The average Bonchev–Trinajstić information content (AvgIpc) is 2.57. The summed E-state index contributed by atoms with van der Waals surface area (Å²) in [4.78, 5) is 25.5. The van der Waals surface area contributed by atoms with Crippen molar-refractivity contribution in [2.75, 3.05) is 25.5 Å². The Morgan fingerprint density at radius 2 is 1.44 bits per heavy atom. The molecule has 2 amide bonds. The Morgan fingerprint density at radius 3 is 2.00 bits per heavy atom. The van der Waals surface area contributed by atoms with Crippen molar-refractivity contribution in [1.82, 2.24) is 10.2 Å². The highest BCUT2D eigenvalue weighted by Gasteiger charge is 2.11. The number of nitrogens with one attached hydrogen (secondary N) is 2. The van der Waals surface area contributed by atoms with Crippen molar-refractivity contribution < 1.29 is 14.3 Å². The highest BCUT2D eigenvalue weighted by atomic mass is 16.5. The second kappa shape index (κ2) is 9.73.